The Kier molecular flexibility index (Phi) is 7.67. The second kappa shape index (κ2) is 10.1. The van der Waals surface area contributed by atoms with E-state index in [0.717, 1.165) is 23.7 Å². The monoisotopic (exact) mass is 444 g/mol. The molecule has 1 N–H and O–H groups in total. The fourth-order valence-electron chi connectivity index (χ4n) is 4.55. The smallest absolute Gasteiger partial charge is 0.226 e. The number of ether oxygens (including phenoxy) is 1. The maximum atomic E-state index is 13.6. The summed E-state index contributed by atoms with van der Waals surface area (Å²) in [5.74, 6) is -1.63. The third-order valence-electron chi connectivity index (χ3n) is 6.15. The number of rotatable bonds is 8. The van der Waals surface area contributed by atoms with Gasteiger partial charge < -0.3 is 15.0 Å². The summed E-state index contributed by atoms with van der Waals surface area (Å²) in [5.41, 5.74) is 1.94. The fraction of sp³-hybridized carbons (Fsp3) is 0.500. The molecule has 1 aliphatic heterocycles. The number of hydrogen-bond donors (Lipinski definition) is 1. The Morgan fingerprint density at radius 2 is 1.66 bits per heavy atom. The molecule has 1 heterocycles. The molecule has 2 aromatic rings. The number of carbonyl (C=O) groups excluding carboxylic acids is 1. The van der Waals surface area contributed by atoms with Gasteiger partial charge in [0.05, 0.1) is 5.41 Å². The highest BCUT2D eigenvalue weighted by Gasteiger charge is 2.40. The van der Waals surface area contributed by atoms with Crippen LogP contribution in [0.1, 0.15) is 32.3 Å². The molecule has 32 heavy (non-hydrogen) atoms. The van der Waals surface area contributed by atoms with Crippen LogP contribution >= 0.6 is 0 Å². The van der Waals surface area contributed by atoms with Crippen molar-refractivity contribution < 1.29 is 18.3 Å². The van der Waals surface area contributed by atoms with Crippen molar-refractivity contribution in [2.45, 2.75) is 33.1 Å². The van der Waals surface area contributed by atoms with Gasteiger partial charge in [0, 0.05) is 26.3 Å². The summed E-state index contributed by atoms with van der Waals surface area (Å²) in [6.07, 6.45) is 1.98. The molecule has 0 spiro atoms. The van der Waals surface area contributed by atoms with Gasteiger partial charge in [-0.25, -0.2) is 8.78 Å². The summed E-state index contributed by atoms with van der Waals surface area (Å²) in [5, 5.41) is 3.21. The van der Waals surface area contributed by atoms with Crippen LogP contribution in [0.25, 0.3) is 11.1 Å². The number of hydrogen-bond acceptors (Lipinski definition) is 3. The predicted molar refractivity (Wildman–Crippen MR) is 123 cm³/mol. The van der Waals surface area contributed by atoms with Gasteiger partial charge >= 0.3 is 0 Å². The van der Waals surface area contributed by atoms with E-state index in [9.17, 15) is 13.6 Å². The first kappa shape index (κ1) is 24.3. The molecule has 2 aromatic carbocycles. The Bertz CT molecular complexity index is 920. The quantitative estimate of drug-likeness (QED) is 0.643. The zero-order chi connectivity index (χ0) is 23.4. The lowest BCUT2D eigenvalue weighted by atomic mass is 9.74. The molecule has 0 aromatic heterocycles. The molecule has 3 rings (SSSR count). The van der Waals surface area contributed by atoms with Crippen molar-refractivity contribution in [3.63, 3.8) is 0 Å². The molecule has 1 saturated heterocycles. The average molecular weight is 445 g/mol. The van der Waals surface area contributed by atoms with E-state index in [4.69, 9.17) is 4.74 Å². The molecule has 0 saturated carbocycles. The van der Waals surface area contributed by atoms with Crippen LogP contribution in [0.4, 0.5) is 8.78 Å². The Hall–Kier alpha value is -2.31. The van der Waals surface area contributed by atoms with Crippen LogP contribution in [0.15, 0.2) is 42.5 Å². The Labute approximate surface area is 190 Å². The minimum atomic E-state index is -0.860. The van der Waals surface area contributed by atoms with E-state index >= 15 is 0 Å². The first-order valence-electron chi connectivity index (χ1n) is 11.2. The van der Waals surface area contributed by atoms with Gasteiger partial charge in [-0.1, -0.05) is 44.2 Å². The van der Waals surface area contributed by atoms with E-state index in [1.54, 1.807) is 6.07 Å². The van der Waals surface area contributed by atoms with Gasteiger partial charge in [0.1, 0.15) is 0 Å². The van der Waals surface area contributed by atoms with Crippen LogP contribution in [0, 0.1) is 22.5 Å². The molecule has 0 aliphatic carbocycles. The average Bonchev–Trinajstić information content (AvgIpc) is 2.74. The maximum Gasteiger partial charge on any atom is 0.226 e. The minimum Gasteiger partial charge on any atom is -0.381 e. The van der Waals surface area contributed by atoms with E-state index in [1.165, 1.54) is 6.07 Å². The number of nitrogens with zero attached hydrogens (tertiary/aromatic N) is 1. The molecule has 0 radical (unpaired) electrons. The van der Waals surface area contributed by atoms with Crippen molar-refractivity contribution in [2.24, 2.45) is 10.8 Å². The predicted octanol–water partition coefficient (Wildman–Crippen LogP) is 4.68. The second-order valence-corrected chi connectivity index (χ2v) is 9.98. The molecule has 1 amide bonds. The van der Waals surface area contributed by atoms with Gasteiger partial charge in [-0.15, -0.1) is 0 Å². The van der Waals surface area contributed by atoms with Crippen LogP contribution in [0.3, 0.4) is 0 Å². The van der Waals surface area contributed by atoms with Crippen molar-refractivity contribution in [1.82, 2.24) is 10.2 Å². The van der Waals surface area contributed by atoms with Crippen molar-refractivity contribution in [1.29, 1.82) is 0 Å². The number of nitrogens with one attached hydrogen (secondary N) is 1. The Morgan fingerprint density at radius 3 is 2.25 bits per heavy atom. The van der Waals surface area contributed by atoms with Crippen LogP contribution < -0.4 is 5.32 Å². The van der Waals surface area contributed by atoms with E-state index in [0.29, 0.717) is 44.6 Å². The maximum absolute atomic E-state index is 13.6. The summed E-state index contributed by atoms with van der Waals surface area (Å²) in [6, 6.07) is 11.6. The normalized spacial score (nSPS) is 16.2. The second-order valence-electron chi connectivity index (χ2n) is 9.98. The van der Waals surface area contributed by atoms with Crippen molar-refractivity contribution >= 4 is 5.91 Å². The molecule has 6 heteroatoms. The topological polar surface area (TPSA) is 41.6 Å². The Balaban J connectivity index is 1.73. The molecule has 174 valence electrons. The molecule has 0 unspecified atom stereocenters. The van der Waals surface area contributed by atoms with Gasteiger partial charge in [-0.3, -0.25) is 4.79 Å². The molecular weight excluding hydrogens is 410 g/mol. The molecular formula is C26H34F2N2O2. The lowest BCUT2D eigenvalue weighted by Gasteiger charge is -2.37. The van der Waals surface area contributed by atoms with E-state index in [1.807, 2.05) is 38.4 Å². The number of benzene rings is 2. The van der Waals surface area contributed by atoms with Crippen molar-refractivity contribution in [3.8, 4) is 11.1 Å². The molecule has 1 fully saturated rings. The zero-order valence-electron chi connectivity index (χ0n) is 19.5. The SMILES string of the molecule is CN(C)CC(C)(C)CNC(=O)C1(Cc2ccc(-c3ccc(F)c(F)c3)cc2)CCOCC1. The summed E-state index contributed by atoms with van der Waals surface area (Å²) in [7, 11) is 4.07. The third kappa shape index (κ3) is 6.14. The van der Waals surface area contributed by atoms with Crippen LogP contribution in [-0.2, 0) is 16.0 Å². The van der Waals surface area contributed by atoms with Gasteiger partial charge in [-0.05, 0) is 67.6 Å². The number of amides is 1. The lowest BCUT2D eigenvalue weighted by molar-refractivity contribution is -0.137. The lowest BCUT2D eigenvalue weighted by Crippen LogP contribution is -2.49. The van der Waals surface area contributed by atoms with Gasteiger partial charge in [0.2, 0.25) is 5.91 Å². The first-order valence-corrected chi connectivity index (χ1v) is 11.2. The Morgan fingerprint density at radius 1 is 1.03 bits per heavy atom. The molecule has 0 bridgehead atoms. The highest BCUT2D eigenvalue weighted by molar-refractivity contribution is 5.83. The van der Waals surface area contributed by atoms with E-state index < -0.39 is 17.0 Å². The largest absolute Gasteiger partial charge is 0.381 e. The van der Waals surface area contributed by atoms with Crippen LogP contribution in [0.5, 0.6) is 0 Å². The number of halogens is 2. The van der Waals surface area contributed by atoms with Crippen LogP contribution in [0.2, 0.25) is 0 Å². The standard InChI is InChI=1S/C26H34F2N2O2/c1-25(2,18-30(3)4)17-29-24(31)26(11-13-32-14-12-26)16-19-5-7-20(8-6-19)21-9-10-22(27)23(28)15-21/h5-10,15H,11-14,16-18H2,1-4H3,(H,29,31). The highest BCUT2D eigenvalue weighted by atomic mass is 19.2. The zero-order valence-corrected chi connectivity index (χ0v) is 19.5. The van der Waals surface area contributed by atoms with Gasteiger partial charge in [0.15, 0.2) is 11.6 Å². The van der Waals surface area contributed by atoms with Crippen molar-refractivity contribution in [2.75, 3.05) is 40.4 Å². The van der Waals surface area contributed by atoms with E-state index in [2.05, 4.69) is 24.1 Å². The summed E-state index contributed by atoms with van der Waals surface area (Å²) in [6.45, 7) is 6.95. The summed E-state index contributed by atoms with van der Waals surface area (Å²) < 4.78 is 32.4. The highest BCUT2D eigenvalue weighted by Crippen LogP contribution is 2.35. The van der Waals surface area contributed by atoms with E-state index in [-0.39, 0.29) is 11.3 Å². The minimum absolute atomic E-state index is 0.0302. The van der Waals surface area contributed by atoms with Crippen molar-refractivity contribution in [3.05, 3.63) is 59.7 Å². The van der Waals surface area contributed by atoms with Gasteiger partial charge in [0.25, 0.3) is 0 Å². The fourth-order valence-corrected chi connectivity index (χ4v) is 4.55. The van der Waals surface area contributed by atoms with Crippen LogP contribution in [-0.4, -0.2) is 51.2 Å². The number of carbonyl (C=O) groups is 1. The summed E-state index contributed by atoms with van der Waals surface area (Å²) in [4.78, 5) is 15.5. The van der Waals surface area contributed by atoms with Gasteiger partial charge in [-0.2, -0.15) is 0 Å². The first-order chi connectivity index (χ1) is 15.1. The molecule has 4 nitrogen and oxygen atoms in total. The summed E-state index contributed by atoms with van der Waals surface area (Å²) >= 11 is 0. The third-order valence-corrected chi connectivity index (χ3v) is 6.15. The molecule has 0 atom stereocenters. The molecule has 1 aliphatic rings.